The molecule has 1 atom stereocenters. The summed E-state index contributed by atoms with van der Waals surface area (Å²) in [4.78, 5) is 32.8. The van der Waals surface area contributed by atoms with Crippen molar-refractivity contribution in [3.63, 3.8) is 0 Å². The summed E-state index contributed by atoms with van der Waals surface area (Å²) in [6, 6.07) is 6.72. The monoisotopic (exact) mass is 449 g/mol. The molecule has 0 unspecified atom stereocenters. The fraction of sp³-hybridized carbons (Fsp3) is 0.348. The Labute approximate surface area is 189 Å². The van der Waals surface area contributed by atoms with E-state index in [-0.39, 0.29) is 24.2 Å². The molecule has 1 aliphatic carbocycles. The summed E-state index contributed by atoms with van der Waals surface area (Å²) < 4.78 is 15.0. The summed E-state index contributed by atoms with van der Waals surface area (Å²) in [6.07, 6.45) is 6.23. The number of nitrogens with zero attached hydrogens (tertiary/aromatic N) is 4. The Morgan fingerprint density at radius 1 is 1.30 bits per heavy atom. The van der Waals surface area contributed by atoms with E-state index in [4.69, 9.17) is 0 Å². The van der Waals surface area contributed by atoms with Crippen LogP contribution < -0.4 is 16.0 Å². The zero-order valence-electron chi connectivity index (χ0n) is 18.1. The number of halogens is 1. The summed E-state index contributed by atoms with van der Waals surface area (Å²) in [7, 11) is 0. The molecule has 0 radical (unpaired) electrons. The van der Waals surface area contributed by atoms with E-state index in [1.165, 1.54) is 25.0 Å². The van der Waals surface area contributed by atoms with Gasteiger partial charge in [0.05, 0.1) is 12.6 Å². The molecule has 3 heterocycles. The number of aromatic nitrogens is 4. The topological polar surface area (TPSA) is 113 Å². The Bertz CT molecular complexity index is 1260. The van der Waals surface area contributed by atoms with Gasteiger partial charge in [-0.25, -0.2) is 4.39 Å². The molecule has 2 aromatic heterocycles. The van der Waals surface area contributed by atoms with Crippen molar-refractivity contribution < 1.29 is 14.0 Å². The van der Waals surface area contributed by atoms with Crippen LogP contribution in [0.15, 0.2) is 36.0 Å². The molecule has 170 valence electrons. The molecule has 2 fully saturated rings. The van der Waals surface area contributed by atoms with Crippen molar-refractivity contribution in [2.75, 3.05) is 17.2 Å². The van der Waals surface area contributed by atoms with Crippen LogP contribution in [0.5, 0.6) is 0 Å². The first-order chi connectivity index (χ1) is 16.0. The molecule has 1 saturated carbocycles. The van der Waals surface area contributed by atoms with Crippen LogP contribution >= 0.6 is 0 Å². The van der Waals surface area contributed by atoms with E-state index in [9.17, 15) is 14.0 Å². The van der Waals surface area contributed by atoms with E-state index in [1.807, 2.05) is 6.07 Å². The number of rotatable bonds is 8. The van der Waals surface area contributed by atoms with Gasteiger partial charge in [0.1, 0.15) is 5.82 Å². The van der Waals surface area contributed by atoms with Gasteiger partial charge in [-0.1, -0.05) is 12.1 Å². The van der Waals surface area contributed by atoms with Crippen molar-refractivity contribution in [1.82, 2.24) is 24.9 Å². The van der Waals surface area contributed by atoms with Crippen molar-refractivity contribution in [3.8, 4) is 0 Å². The second-order valence-electron chi connectivity index (χ2n) is 8.51. The van der Waals surface area contributed by atoms with Gasteiger partial charge >= 0.3 is 0 Å². The number of nitrogens with one attached hydrogen (secondary N) is 3. The molecule has 1 aromatic carbocycles. The number of carbonyl (C=O) groups is 2. The quantitative estimate of drug-likeness (QED) is 0.358. The summed E-state index contributed by atoms with van der Waals surface area (Å²) in [5.74, 6) is 0.562. The minimum Gasteiger partial charge on any atom is -0.354 e. The van der Waals surface area contributed by atoms with Crippen LogP contribution in [-0.4, -0.2) is 44.0 Å². The lowest BCUT2D eigenvalue weighted by Gasteiger charge is -2.15. The largest absolute Gasteiger partial charge is 0.354 e. The number of hydrogen-bond acceptors (Lipinski definition) is 7. The lowest BCUT2D eigenvalue weighted by Crippen LogP contribution is -2.21. The maximum absolute atomic E-state index is 13.5. The van der Waals surface area contributed by atoms with E-state index in [2.05, 4.69) is 37.9 Å². The van der Waals surface area contributed by atoms with Gasteiger partial charge in [0.2, 0.25) is 17.8 Å². The van der Waals surface area contributed by atoms with Gasteiger partial charge in [-0.15, -0.1) is 0 Å². The first-order valence-electron chi connectivity index (χ1n) is 11.0. The molecule has 3 N–H and O–H groups in total. The van der Waals surface area contributed by atoms with Crippen LogP contribution in [0.2, 0.25) is 0 Å². The summed E-state index contributed by atoms with van der Waals surface area (Å²) >= 11 is 0. The lowest BCUT2D eigenvalue weighted by atomic mass is 10.1. The van der Waals surface area contributed by atoms with Crippen LogP contribution in [-0.2, 0) is 16.0 Å². The molecule has 2 amide bonds. The predicted molar refractivity (Wildman–Crippen MR) is 121 cm³/mol. The van der Waals surface area contributed by atoms with Gasteiger partial charge < -0.3 is 10.6 Å². The average molecular weight is 449 g/mol. The second-order valence-corrected chi connectivity index (χ2v) is 8.51. The first-order valence-corrected chi connectivity index (χ1v) is 11.0. The number of hydrogen-bond donors (Lipinski definition) is 3. The van der Waals surface area contributed by atoms with Crippen molar-refractivity contribution in [2.24, 2.45) is 5.92 Å². The molecule has 2 aliphatic rings. The van der Waals surface area contributed by atoms with Crippen LogP contribution in [0, 0.1) is 11.7 Å². The Kier molecular flexibility index (Phi) is 5.49. The fourth-order valence-electron chi connectivity index (χ4n) is 3.91. The molecular weight excluding hydrogens is 425 g/mol. The van der Waals surface area contributed by atoms with E-state index >= 15 is 0 Å². The van der Waals surface area contributed by atoms with E-state index in [0.29, 0.717) is 47.6 Å². The number of benzene rings is 1. The molecule has 0 spiro atoms. The van der Waals surface area contributed by atoms with Gasteiger partial charge in [-0.3, -0.25) is 14.9 Å². The van der Waals surface area contributed by atoms with Crippen molar-refractivity contribution in [1.29, 1.82) is 0 Å². The Hall–Kier alpha value is -3.82. The van der Waals surface area contributed by atoms with E-state index < -0.39 is 5.91 Å². The summed E-state index contributed by atoms with van der Waals surface area (Å²) in [6.45, 7) is 2.62. The smallest absolute Gasteiger partial charge is 0.254 e. The molecule has 3 aromatic rings. The van der Waals surface area contributed by atoms with Gasteiger partial charge in [0, 0.05) is 23.7 Å². The van der Waals surface area contributed by atoms with Crippen molar-refractivity contribution >= 4 is 35.4 Å². The van der Waals surface area contributed by atoms with Gasteiger partial charge in [-0.05, 0) is 55.9 Å². The number of fused-ring (bicyclic) bond motifs is 1. The predicted octanol–water partition coefficient (Wildman–Crippen LogP) is 2.56. The van der Waals surface area contributed by atoms with Gasteiger partial charge in [0.25, 0.3) is 5.91 Å². The van der Waals surface area contributed by atoms with Gasteiger partial charge in [-0.2, -0.15) is 19.6 Å². The highest BCUT2D eigenvalue weighted by Gasteiger charge is 2.29. The Morgan fingerprint density at radius 3 is 2.88 bits per heavy atom. The highest BCUT2D eigenvalue weighted by Crippen LogP contribution is 2.33. The number of amides is 2. The first kappa shape index (κ1) is 21.0. The number of imide groups is 1. The Balaban J connectivity index is 1.44. The minimum atomic E-state index is -0.400. The lowest BCUT2D eigenvalue weighted by molar-refractivity contribution is -0.124. The average Bonchev–Trinajstić information content (AvgIpc) is 3.48. The molecule has 5 rings (SSSR count). The molecule has 10 heteroatoms. The summed E-state index contributed by atoms with van der Waals surface area (Å²) in [5, 5.41) is 13.3. The third-order valence-electron chi connectivity index (χ3n) is 5.89. The Morgan fingerprint density at radius 2 is 2.15 bits per heavy atom. The third-order valence-corrected chi connectivity index (χ3v) is 5.89. The molecule has 9 nitrogen and oxygen atoms in total. The molecular formula is C23H24FN7O2. The highest BCUT2D eigenvalue weighted by atomic mass is 19.1. The zero-order chi connectivity index (χ0) is 22.9. The van der Waals surface area contributed by atoms with Crippen molar-refractivity contribution in [2.45, 2.75) is 38.6 Å². The van der Waals surface area contributed by atoms with Crippen LogP contribution in [0.25, 0.3) is 11.7 Å². The second kappa shape index (κ2) is 8.61. The molecule has 33 heavy (non-hydrogen) atoms. The third kappa shape index (κ3) is 4.69. The van der Waals surface area contributed by atoms with Crippen molar-refractivity contribution in [3.05, 3.63) is 53.0 Å². The van der Waals surface area contributed by atoms with Crippen LogP contribution in [0.1, 0.15) is 37.3 Å². The highest BCUT2D eigenvalue weighted by molar-refractivity contribution is 6.15. The number of carbonyl (C=O) groups excluding carboxylic acids is 2. The minimum absolute atomic E-state index is 0.0316. The maximum atomic E-state index is 13.5. The molecule has 0 bridgehead atoms. The SMILES string of the molecule is C[C@@H](Nc1nc(NCCc2cccc(F)c2)n2ncc(/C=C3\CC(=O)NC3=O)c2n1)C1CC1. The standard InChI is InChI=1S/C23H24FN7O2/c1-13(15-5-6-15)27-22-29-20-17(10-16-11-19(32)28-21(16)33)12-26-31(20)23(30-22)25-8-7-14-3-2-4-18(24)9-14/h2-4,9-10,12-13,15H,5-8,11H2,1H3,(H,28,32,33)(H2,25,27,29,30)/b16-10+/t13-/m1/s1. The molecule has 1 saturated heterocycles. The normalized spacial score (nSPS) is 18.1. The van der Waals surface area contributed by atoms with E-state index in [0.717, 1.165) is 5.56 Å². The van der Waals surface area contributed by atoms with Gasteiger partial charge in [0.15, 0.2) is 5.65 Å². The van der Waals surface area contributed by atoms with Crippen LogP contribution in [0.4, 0.5) is 16.3 Å². The summed E-state index contributed by atoms with van der Waals surface area (Å²) in [5.41, 5.74) is 2.38. The maximum Gasteiger partial charge on any atom is 0.254 e. The number of anilines is 2. The zero-order valence-corrected chi connectivity index (χ0v) is 18.1. The van der Waals surface area contributed by atoms with E-state index in [1.54, 1.807) is 22.9 Å². The molecule has 1 aliphatic heterocycles. The fourth-order valence-corrected chi connectivity index (χ4v) is 3.91. The van der Waals surface area contributed by atoms with Crippen LogP contribution in [0.3, 0.4) is 0 Å².